The van der Waals surface area contributed by atoms with E-state index in [4.69, 9.17) is 4.74 Å². The van der Waals surface area contributed by atoms with Crippen LogP contribution in [0.1, 0.15) is 57.6 Å². The summed E-state index contributed by atoms with van der Waals surface area (Å²) in [6.45, 7) is 8.56. The molecule has 25 heavy (non-hydrogen) atoms. The molecule has 0 spiro atoms. The van der Waals surface area contributed by atoms with E-state index in [1.165, 1.54) is 0 Å². The van der Waals surface area contributed by atoms with Crippen LogP contribution in [0.25, 0.3) is 0 Å². The van der Waals surface area contributed by atoms with Gasteiger partial charge in [0.15, 0.2) is 0 Å². The maximum Gasteiger partial charge on any atom is 0.235 e. The molecular weight excluding hydrogens is 310 g/mol. The average molecular weight is 337 g/mol. The predicted octanol–water partition coefficient (Wildman–Crippen LogP) is 5.35. The molecule has 2 aromatic rings. The second-order valence-electron chi connectivity index (χ2n) is 6.87. The number of rotatable bonds is 5. The SMILES string of the molecule is CCC(C)N(C(=O)C1c2ccccc2Oc2ccccc21)C(C)CC. The first-order valence-electron chi connectivity index (χ1n) is 9.26. The minimum atomic E-state index is -0.302. The summed E-state index contributed by atoms with van der Waals surface area (Å²) in [5.74, 6) is 1.44. The van der Waals surface area contributed by atoms with Gasteiger partial charge < -0.3 is 9.64 Å². The molecule has 0 saturated heterocycles. The smallest absolute Gasteiger partial charge is 0.235 e. The van der Waals surface area contributed by atoms with Crippen molar-refractivity contribution in [3.8, 4) is 11.5 Å². The molecule has 3 nitrogen and oxygen atoms in total. The van der Waals surface area contributed by atoms with Gasteiger partial charge in [-0.15, -0.1) is 0 Å². The van der Waals surface area contributed by atoms with Crippen molar-refractivity contribution in [1.29, 1.82) is 0 Å². The number of carbonyl (C=O) groups excluding carboxylic acids is 1. The molecular formula is C22H27NO2. The normalized spacial score (nSPS) is 15.5. The Hall–Kier alpha value is -2.29. The third-order valence-electron chi connectivity index (χ3n) is 5.31. The Morgan fingerprint density at radius 3 is 1.80 bits per heavy atom. The molecule has 1 amide bonds. The van der Waals surface area contributed by atoms with E-state index in [9.17, 15) is 4.79 Å². The molecule has 3 rings (SSSR count). The van der Waals surface area contributed by atoms with Gasteiger partial charge in [0.25, 0.3) is 0 Å². The van der Waals surface area contributed by atoms with Gasteiger partial charge in [-0.1, -0.05) is 50.2 Å². The molecule has 2 aromatic carbocycles. The van der Waals surface area contributed by atoms with Crippen molar-refractivity contribution in [1.82, 2.24) is 4.90 Å². The molecule has 2 unspecified atom stereocenters. The molecule has 1 aliphatic heterocycles. The lowest BCUT2D eigenvalue weighted by molar-refractivity contribution is -0.136. The summed E-state index contributed by atoms with van der Waals surface area (Å²) in [7, 11) is 0. The molecule has 0 N–H and O–H groups in total. The van der Waals surface area contributed by atoms with Crippen molar-refractivity contribution < 1.29 is 9.53 Å². The Morgan fingerprint density at radius 2 is 1.36 bits per heavy atom. The summed E-state index contributed by atoms with van der Waals surface area (Å²) in [4.78, 5) is 15.8. The average Bonchev–Trinajstić information content (AvgIpc) is 2.65. The number of fused-ring (bicyclic) bond motifs is 2. The highest BCUT2D eigenvalue weighted by atomic mass is 16.5. The van der Waals surface area contributed by atoms with E-state index in [2.05, 4.69) is 32.6 Å². The first-order valence-corrected chi connectivity index (χ1v) is 9.26. The fourth-order valence-corrected chi connectivity index (χ4v) is 3.59. The molecule has 0 bridgehead atoms. The topological polar surface area (TPSA) is 29.5 Å². The number of carbonyl (C=O) groups is 1. The molecule has 2 atom stereocenters. The van der Waals surface area contributed by atoms with Gasteiger partial charge in [-0.3, -0.25) is 4.79 Å². The molecule has 0 aliphatic carbocycles. The minimum absolute atomic E-state index is 0.173. The summed E-state index contributed by atoms with van der Waals surface area (Å²) >= 11 is 0. The second-order valence-corrected chi connectivity index (χ2v) is 6.87. The van der Waals surface area contributed by atoms with Gasteiger partial charge in [-0.2, -0.15) is 0 Å². The van der Waals surface area contributed by atoms with E-state index in [0.29, 0.717) is 0 Å². The first-order chi connectivity index (χ1) is 12.1. The molecule has 3 heteroatoms. The van der Waals surface area contributed by atoms with E-state index < -0.39 is 0 Å². The quantitative estimate of drug-likeness (QED) is 0.736. The Morgan fingerprint density at radius 1 is 0.920 bits per heavy atom. The monoisotopic (exact) mass is 337 g/mol. The van der Waals surface area contributed by atoms with Crippen molar-refractivity contribution in [2.75, 3.05) is 0 Å². The number of hydrogen-bond donors (Lipinski definition) is 0. The van der Waals surface area contributed by atoms with Crippen LogP contribution in [0.4, 0.5) is 0 Å². The summed E-state index contributed by atoms with van der Waals surface area (Å²) in [6, 6.07) is 16.2. The van der Waals surface area contributed by atoms with Crippen LogP contribution in [0.5, 0.6) is 11.5 Å². The summed E-state index contributed by atoms with van der Waals surface area (Å²) in [5.41, 5.74) is 1.92. The van der Waals surface area contributed by atoms with Gasteiger partial charge >= 0.3 is 0 Å². The molecule has 0 radical (unpaired) electrons. The van der Waals surface area contributed by atoms with E-state index in [-0.39, 0.29) is 23.9 Å². The Balaban J connectivity index is 2.10. The van der Waals surface area contributed by atoms with Gasteiger partial charge in [-0.25, -0.2) is 0 Å². The number of benzene rings is 2. The Bertz CT molecular complexity index is 700. The number of ether oxygens (including phenoxy) is 1. The fourth-order valence-electron chi connectivity index (χ4n) is 3.59. The van der Waals surface area contributed by atoms with Crippen LogP contribution >= 0.6 is 0 Å². The number of nitrogens with zero attached hydrogens (tertiary/aromatic N) is 1. The van der Waals surface area contributed by atoms with Crippen LogP contribution in [-0.2, 0) is 4.79 Å². The maximum absolute atomic E-state index is 13.7. The number of hydrogen-bond acceptors (Lipinski definition) is 2. The fraction of sp³-hybridized carbons (Fsp3) is 0.409. The predicted molar refractivity (Wildman–Crippen MR) is 101 cm³/mol. The lowest BCUT2D eigenvalue weighted by Crippen LogP contribution is -2.47. The molecule has 1 aliphatic rings. The third-order valence-corrected chi connectivity index (χ3v) is 5.31. The maximum atomic E-state index is 13.7. The van der Waals surface area contributed by atoms with Gasteiger partial charge in [-0.05, 0) is 38.8 Å². The summed E-state index contributed by atoms with van der Waals surface area (Å²) in [6.07, 6.45) is 1.89. The third kappa shape index (κ3) is 3.15. The van der Waals surface area contributed by atoms with Crippen LogP contribution in [0.3, 0.4) is 0 Å². The van der Waals surface area contributed by atoms with Gasteiger partial charge in [0.05, 0.1) is 5.92 Å². The van der Waals surface area contributed by atoms with Crippen molar-refractivity contribution in [2.45, 2.75) is 58.5 Å². The Labute approximate surface area is 150 Å². The van der Waals surface area contributed by atoms with Crippen molar-refractivity contribution in [3.63, 3.8) is 0 Å². The zero-order valence-electron chi connectivity index (χ0n) is 15.5. The molecule has 0 saturated carbocycles. The van der Waals surface area contributed by atoms with Crippen LogP contribution in [0.15, 0.2) is 48.5 Å². The number of amides is 1. The standard InChI is InChI=1S/C22H27NO2/c1-5-15(3)23(16(4)6-2)22(24)21-17-11-7-9-13-19(17)25-20-14-10-8-12-18(20)21/h7-16,21H,5-6H2,1-4H3. The highest BCUT2D eigenvalue weighted by molar-refractivity contribution is 5.90. The first kappa shape index (κ1) is 17.5. The lowest BCUT2D eigenvalue weighted by atomic mass is 9.86. The summed E-state index contributed by atoms with van der Waals surface area (Å²) < 4.78 is 6.04. The van der Waals surface area contributed by atoms with Crippen LogP contribution in [0.2, 0.25) is 0 Å². The zero-order chi connectivity index (χ0) is 18.0. The van der Waals surface area contributed by atoms with E-state index >= 15 is 0 Å². The van der Waals surface area contributed by atoms with Crippen molar-refractivity contribution in [2.24, 2.45) is 0 Å². The van der Waals surface area contributed by atoms with Crippen LogP contribution in [-0.4, -0.2) is 22.9 Å². The van der Waals surface area contributed by atoms with Gasteiger partial charge in [0.1, 0.15) is 11.5 Å². The molecule has 132 valence electrons. The molecule has 0 aromatic heterocycles. The highest BCUT2D eigenvalue weighted by Gasteiger charge is 2.37. The largest absolute Gasteiger partial charge is 0.457 e. The zero-order valence-corrected chi connectivity index (χ0v) is 15.5. The lowest BCUT2D eigenvalue weighted by Gasteiger charge is -2.38. The van der Waals surface area contributed by atoms with E-state index in [1.807, 2.05) is 48.5 Å². The van der Waals surface area contributed by atoms with Crippen LogP contribution in [0, 0.1) is 0 Å². The van der Waals surface area contributed by atoms with Crippen molar-refractivity contribution >= 4 is 5.91 Å². The van der Waals surface area contributed by atoms with E-state index in [1.54, 1.807) is 0 Å². The van der Waals surface area contributed by atoms with Gasteiger partial charge in [0.2, 0.25) is 5.91 Å². The van der Waals surface area contributed by atoms with E-state index in [0.717, 1.165) is 35.5 Å². The number of para-hydroxylation sites is 2. The highest BCUT2D eigenvalue weighted by Crippen LogP contribution is 2.45. The van der Waals surface area contributed by atoms with Gasteiger partial charge in [0, 0.05) is 23.2 Å². The Kier molecular flexibility index (Phi) is 5.12. The molecule has 0 fully saturated rings. The minimum Gasteiger partial charge on any atom is -0.457 e. The second kappa shape index (κ2) is 7.30. The van der Waals surface area contributed by atoms with Crippen molar-refractivity contribution in [3.05, 3.63) is 59.7 Å². The summed E-state index contributed by atoms with van der Waals surface area (Å²) in [5, 5.41) is 0. The molecule has 1 heterocycles. The van der Waals surface area contributed by atoms with Crippen LogP contribution < -0.4 is 4.74 Å².